The Labute approximate surface area is 233 Å². The smallest absolute Gasteiger partial charge is 0.276 e. The molecule has 2 heterocycles. The Bertz CT molecular complexity index is 1550. The third-order valence-electron chi connectivity index (χ3n) is 6.12. The lowest BCUT2D eigenvalue weighted by Crippen LogP contribution is -2.50. The van der Waals surface area contributed by atoms with E-state index < -0.39 is 40.2 Å². The standard InChI is InChI=1S/C27H27ClF2N4O6/c1-26(2,38)24(36)33-14-34(25(37)27(3,4)39)20-9-15(5-8-19(20)33)11-32-13-31-22(21(28)23(32)35)40-12-16-6-7-17(29)10-18(16)30/h5-10,13,38-39H,11-12,14H2,1-4H3. The van der Waals surface area contributed by atoms with Crippen LogP contribution in [0.5, 0.6) is 5.88 Å². The molecule has 0 bridgehead atoms. The van der Waals surface area contributed by atoms with Crippen LogP contribution in [0.15, 0.2) is 47.5 Å². The molecule has 1 aliphatic rings. The minimum absolute atomic E-state index is 0.0321. The first-order chi connectivity index (χ1) is 18.6. The minimum atomic E-state index is -1.75. The molecule has 0 fully saturated rings. The van der Waals surface area contributed by atoms with Crippen molar-refractivity contribution in [1.82, 2.24) is 9.55 Å². The summed E-state index contributed by atoms with van der Waals surface area (Å²) in [5.41, 5.74) is -2.90. The number of anilines is 2. The first-order valence-electron chi connectivity index (χ1n) is 12.1. The summed E-state index contributed by atoms with van der Waals surface area (Å²) in [7, 11) is 0. The second kappa shape index (κ2) is 10.6. The summed E-state index contributed by atoms with van der Waals surface area (Å²) in [5, 5.41) is 20.2. The van der Waals surface area contributed by atoms with Gasteiger partial charge in [0, 0.05) is 11.6 Å². The van der Waals surface area contributed by atoms with Gasteiger partial charge in [-0.15, -0.1) is 0 Å². The van der Waals surface area contributed by atoms with Crippen LogP contribution in [0.1, 0.15) is 38.8 Å². The third kappa shape index (κ3) is 5.83. The average molecular weight is 577 g/mol. The fraction of sp³-hybridized carbons (Fsp3) is 0.333. The van der Waals surface area contributed by atoms with E-state index in [0.717, 1.165) is 6.07 Å². The van der Waals surface area contributed by atoms with Gasteiger partial charge in [-0.25, -0.2) is 13.8 Å². The van der Waals surface area contributed by atoms with Crippen LogP contribution in [0.4, 0.5) is 20.2 Å². The molecular formula is C27H27ClF2N4O6. The lowest BCUT2D eigenvalue weighted by atomic mass is 10.1. The van der Waals surface area contributed by atoms with Crippen LogP contribution < -0.4 is 20.1 Å². The molecule has 2 amide bonds. The van der Waals surface area contributed by atoms with Gasteiger partial charge in [-0.1, -0.05) is 17.7 Å². The molecule has 1 aromatic heterocycles. The maximum absolute atomic E-state index is 13.9. The van der Waals surface area contributed by atoms with Gasteiger partial charge in [0.05, 0.1) is 17.9 Å². The highest BCUT2D eigenvalue weighted by atomic mass is 35.5. The number of nitrogens with zero attached hydrogens (tertiary/aromatic N) is 4. The SMILES string of the molecule is CC(C)(O)C(=O)N1CN(C(=O)C(C)(C)O)c2cc(Cn3cnc(OCc4ccc(F)cc4F)c(Cl)c3=O)ccc21. The first-order valence-corrected chi connectivity index (χ1v) is 12.5. The van der Waals surface area contributed by atoms with Crippen LogP contribution in [-0.2, 0) is 22.7 Å². The highest BCUT2D eigenvalue weighted by molar-refractivity contribution is 6.31. The Kier molecular flexibility index (Phi) is 7.72. The summed E-state index contributed by atoms with van der Waals surface area (Å²) in [4.78, 5) is 45.3. The van der Waals surface area contributed by atoms with E-state index >= 15 is 0 Å². The minimum Gasteiger partial charge on any atom is -0.471 e. The van der Waals surface area contributed by atoms with Crippen LogP contribution >= 0.6 is 11.6 Å². The van der Waals surface area contributed by atoms with Crippen molar-refractivity contribution < 1.29 is 33.3 Å². The number of rotatable bonds is 7. The number of carbonyl (C=O) groups excluding carboxylic acids is 2. The molecule has 2 aromatic carbocycles. The van der Waals surface area contributed by atoms with Gasteiger partial charge >= 0.3 is 0 Å². The maximum atomic E-state index is 13.9. The summed E-state index contributed by atoms with van der Waals surface area (Å²) in [6.45, 7) is 4.71. The summed E-state index contributed by atoms with van der Waals surface area (Å²) >= 11 is 6.18. The van der Waals surface area contributed by atoms with Crippen molar-refractivity contribution in [2.75, 3.05) is 16.5 Å². The van der Waals surface area contributed by atoms with Gasteiger partial charge in [-0.3, -0.25) is 28.8 Å². The Hall–Kier alpha value is -3.87. The predicted molar refractivity (Wildman–Crippen MR) is 142 cm³/mol. The van der Waals surface area contributed by atoms with E-state index in [0.29, 0.717) is 23.0 Å². The Balaban J connectivity index is 1.61. The molecule has 3 aromatic rings. The van der Waals surface area contributed by atoms with Crippen molar-refractivity contribution in [2.45, 2.75) is 52.0 Å². The predicted octanol–water partition coefficient (Wildman–Crippen LogP) is 2.98. The number of aliphatic hydroxyl groups is 2. The number of hydrogen-bond acceptors (Lipinski definition) is 7. The van der Waals surface area contributed by atoms with Crippen molar-refractivity contribution in [2.24, 2.45) is 0 Å². The molecule has 0 unspecified atom stereocenters. The van der Waals surface area contributed by atoms with Crippen LogP contribution in [0.25, 0.3) is 0 Å². The van der Waals surface area contributed by atoms with Crippen LogP contribution in [0.3, 0.4) is 0 Å². The van der Waals surface area contributed by atoms with Gasteiger partial charge < -0.3 is 14.9 Å². The quantitative estimate of drug-likeness (QED) is 0.443. The van der Waals surface area contributed by atoms with Gasteiger partial charge in [-0.2, -0.15) is 0 Å². The topological polar surface area (TPSA) is 125 Å². The fourth-order valence-electron chi connectivity index (χ4n) is 4.06. The molecule has 0 aliphatic carbocycles. The molecule has 10 nitrogen and oxygen atoms in total. The molecule has 0 saturated heterocycles. The highest BCUT2D eigenvalue weighted by Crippen LogP contribution is 2.39. The monoisotopic (exact) mass is 576 g/mol. The number of amides is 2. The second-order valence-electron chi connectivity index (χ2n) is 10.4. The zero-order valence-corrected chi connectivity index (χ0v) is 22.9. The molecular weight excluding hydrogens is 550 g/mol. The lowest BCUT2D eigenvalue weighted by Gasteiger charge is -2.27. The van der Waals surface area contributed by atoms with Crippen LogP contribution in [0, 0.1) is 11.6 Å². The number of benzene rings is 2. The zero-order chi connectivity index (χ0) is 29.6. The second-order valence-corrected chi connectivity index (χ2v) is 10.7. The number of aromatic nitrogens is 2. The van der Waals surface area contributed by atoms with Crippen molar-refractivity contribution in [1.29, 1.82) is 0 Å². The number of ether oxygens (including phenoxy) is 1. The average Bonchev–Trinajstić information content (AvgIpc) is 3.23. The van der Waals surface area contributed by atoms with Crippen molar-refractivity contribution in [3.05, 3.63) is 80.9 Å². The number of carbonyl (C=O) groups is 2. The maximum Gasteiger partial charge on any atom is 0.276 e. The highest BCUT2D eigenvalue weighted by Gasteiger charge is 2.42. The Morgan fingerprint density at radius 2 is 1.62 bits per heavy atom. The molecule has 0 radical (unpaired) electrons. The Morgan fingerprint density at radius 1 is 1.00 bits per heavy atom. The molecule has 2 N–H and O–H groups in total. The lowest BCUT2D eigenvalue weighted by molar-refractivity contribution is -0.134. The van der Waals surface area contributed by atoms with E-state index in [1.54, 1.807) is 18.2 Å². The number of halogens is 3. The van der Waals surface area contributed by atoms with E-state index in [-0.39, 0.29) is 36.3 Å². The third-order valence-corrected chi connectivity index (χ3v) is 6.45. The van der Waals surface area contributed by atoms with Gasteiger partial charge in [0.1, 0.15) is 42.4 Å². The van der Waals surface area contributed by atoms with Crippen LogP contribution in [-0.4, -0.2) is 49.4 Å². The molecule has 4 rings (SSSR count). The van der Waals surface area contributed by atoms with E-state index in [1.165, 1.54) is 54.5 Å². The molecule has 0 saturated carbocycles. The summed E-state index contributed by atoms with van der Waals surface area (Å²) in [5.74, 6) is -3.10. The van der Waals surface area contributed by atoms with Gasteiger partial charge in [0.25, 0.3) is 17.4 Å². The van der Waals surface area contributed by atoms with Gasteiger partial charge in [0.15, 0.2) is 5.02 Å². The van der Waals surface area contributed by atoms with Crippen molar-refractivity contribution >= 4 is 34.8 Å². The zero-order valence-electron chi connectivity index (χ0n) is 22.1. The van der Waals surface area contributed by atoms with Gasteiger partial charge in [-0.05, 0) is 57.5 Å². The van der Waals surface area contributed by atoms with Crippen molar-refractivity contribution in [3.63, 3.8) is 0 Å². The molecule has 13 heteroatoms. The first kappa shape index (κ1) is 29.1. The number of hydrogen-bond donors (Lipinski definition) is 2. The van der Waals surface area contributed by atoms with E-state index in [9.17, 15) is 33.4 Å². The van der Waals surface area contributed by atoms with E-state index in [4.69, 9.17) is 16.3 Å². The largest absolute Gasteiger partial charge is 0.471 e. The summed E-state index contributed by atoms with van der Waals surface area (Å²) < 4.78 is 33.6. The van der Waals surface area contributed by atoms with E-state index in [2.05, 4.69) is 4.98 Å². The van der Waals surface area contributed by atoms with E-state index in [1.807, 2.05) is 0 Å². The number of fused-ring (bicyclic) bond motifs is 1. The molecule has 1 aliphatic heterocycles. The van der Waals surface area contributed by atoms with Crippen LogP contribution in [0.2, 0.25) is 5.02 Å². The molecule has 0 spiro atoms. The molecule has 40 heavy (non-hydrogen) atoms. The Morgan fingerprint density at radius 3 is 2.23 bits per heavy atom. The fourth-order valence-corrected chi connectivity index (χ4v) is 4.27. The summed E-state index contributed by atoms with van der Waals surface area (Å²) in [6, 6.07) is 7.76. The molecule has 0 atom stereocenters. The van der Waals surface area contributed by atoms with Gasteiger partial charge in [0.2, 0.25) is 5.88 Å². The molecule has 212 valence electrons. The summed E-state index contributed by atoms with van der Waals surface area (Å²) in [6.07, 6.45) is 1.18. The van der Waals surface area contributed by atoms with Crippen molar-refractivity contribution in [3.8, 4) is 5.88 Å². The normalized spacial score (nSPS) is 13.4.